The molecule has 0 bridgehead atoms. The Hall–Kier alpha value is -1.36. The second-order valence-corrected chi connectivity index (χ2v) is 4.86. The monoisotopic (exact) mass is 313 g/mol. The Kier molecular flexibility index (Phi) is 5.34. The Morgan fingerprint density at radius 2 is 1.94 bits per heavy atom. The number of benzene rings is 1. The number of carbonyl (C=O) groups excluding carboxylic acids is 1. The molecular weight excluding hydrogens is 298 g/mol. The van der Waals surface area contributed by atoms with E-state index in [9.17, 15) is 9.59 Å². The summed E-state index contributed by atoms with van der Waals surface area (Å²) in [6, 6.07) is 4.55. The van der Waals surface area contributed by atoms with Crippen molar-refractivity contribution in [1.29, 1.82) is 0 Å². The van der Waals surface area contributed by atoms with Crippen LogP contribution in [0.2, 0.25) is 0 Å². The number of carboxylic acid groups (broad SMARTS) is 1. The summed E-state index contributed by atoms with van der Waals surface area (Å²) in [4.78, 5) is 22.8. The van der Waals surface area contributed by atoms with E-state index >= 15 is 0 Å². The second-order valence-electron chi connectivity index (χ2n) is 4.00. The van der Waals surface area contributed by atoms with E-state index in [1.165, 1.54) is 12.1 Å². The largest absolute Gasteiger partial charge is 0.478 e. The van der Waals surface area contributed by atoms with Gasteiger partial charge in [-0.15, -0.1) is 0 Å². The van der Waals surface area contributed by atoms with Gasteiger partial charge in [0.15, 0.2) is 0 Å². The van der Waals surface area contributed by atoms with Gasteiger partial charge in [0, 0.05) is 10.4 Å². The van der Waals surface area contributed by atoms with Crippen molar-refractivity contribution in [1.82, 2.24) is 0 Å². The summed E-state index contributed by atoms with van der Waals surface area (Å²) in [7, 11) is 0. The van der Waals surface area contributed by atoms with Crippen LogP contribution in [0.3, 0.4) is 0 Å². The van der Waals surface area contributed by atoms with Crippen molar-refractivity contribution >= 4 is 33.5 Å². The van der Waals surface area contributed by atoms with Crippen molar-refractivity contribution < 1.29 is 14.7 Å². The normalized spacial score (nSPS) is 10.4. The van der Waals surface area contributed by atoms with E-state index in [0.717, 1.165) is 12.8 Å². The number of hydrogen-bond donors (Lipinski definition) is 2. The van der Waals surface area contributed by atoms with Crippen LogP contribution in [0.25, 0.3) is 0 Å². The Morgan fingerprint density at radius 1 is 1.33 bits per heavy atom. The minimum Gasteiger partial charge on any atom is -0.478 e. The molecule has 1 aromatic carbocycles. The molecule has 0 unspecified atom stereocenters. The number of rotatable bonds is 5. The van der Waals surface area contributed by atoms with Gasteiger partial charge < -0.3 is 10.4 Å². The van der Waals surface area contributed by atoms with Crippen LogP contribution in [0.4, 0.5) is 5.69 Å². The van der Waals surface area contributed by atoms with E-state index in [4.69, 9.17) is 5.11 Å². The number of anilines is 1. The SMILES string of the molecule is CCC(CC)C(=O)Nc1cc(C(=O)O)ccc1Br. The van der Waals surface area contributed by atoms with Gasteiger partial charge >= 0.3 is 5.97 Å². The molecular formula is C13H16BrNO3. The van der Waals surface area contributed by atoms with Crippen LogP contribution in [0.5, 0.6) is 0 Å². The average molecular weight is 314 g/mol. The number of carboxylic acids is 1. The molecule has 0 saturated carbocycles. The molecule has 4 nitrogen and oxygen atoms in total. The first kappa shape index (κ1) is 14.7. The highest BCUT2D eigenvalue weighted by atomic mass is 79.9. The van der Waals surface area contributed by atoms with Gasteiger partial charge in [-0.1, -0.05) is 13.8 Å². The smallest absolute Gasteiger partial charge is 0.335 e. The van der Waals surface area contributed by atoms with Crippen LogP contribution in [-0.2, 0) is 4.79 Å². The minimum absolute atomic E-state index is 0.0506. The zero-order valence-corrected chi connectivity index (χ0v) is 12.0. The molecule has 5 heteroatoms. The number of hydrogen-bond acceptors (Lipinski definition) is 2. The van der Waals surface area contributed by atoms with Crippen molar-refractivity contribution in [2.24, 2.45) is 5.92 Å². The Labute approximate surface area is 115 Å². The fourth-order valence-electron chi connectivity index (χ4n) is 1.65. The molecule has 98 valence electrons. The van der Waals surface area contributed by atoms with E-state index in [0.29, 0.717) is 10.2 Å². The highest BCUT2D eigenvalue weighted by molar-refractivity contribution is 9.10. The third-order valence-corrected chi connectivity index (χ3v) is 3.52. The zero-order valence-electron chi connectivity index (χ0n) is 10.4. The Bertz CT molecular complexity index is 456. The van der Waals surface area contributed by atoms with E-state index in [1.54, 1.807) is 6.07 Å². The molecule has 1 amide bonds. The summed E-state index contributed by atoms with van der Waals surface area (Å²) >= 11 is 3.29. The average Bonchev–Trinajstić information content (AvgIpc) is 2.33. The van der Waals surface area contributed by atoms with Gasteiger partial charge in [0.2, 0.25) is 5.91 Å². The number of carbonyl (C=O) groups is 2. The number of halogens is 1. The summed E-state index contributed by atoms with van der Waals surface area (Å²) in [5, 5.41) is 11.7. The Morgan fingerprint density at radius 3 is 2.44 bits per heavy atom. The lowest BCUT2D eigenvalue weighted by atomic mass is 10.0. The molecule has 0 aliphatic rings. The zero-order chi connectivity index (χ0) is 13.7. The van der Waals surface area contributed by atoms with Gasteiger partial charge in [0.25, 0.3) is 0 Å². The highest BCUT2D eigenvalue weighted by Crippen LogP contribution is 2.25. The maximum atomic E-state index is 11.9. The molecule has 0 aromatic heterocycles. The predicted octanol–water partition coefficient (Wildman–Crippen LogP) is 3.52. The maximum absolute atomic E-state index is 11.9. The first-order valence-electron chi connectivity index (χ1n) is 5.83. The molecule has 0 spiro atoms. The first-order valence-corrected chi connectivity index (χ1v) is 6.62. The van der Waals surface area contributed by atoms with E-state index in [1.807, 2.05) is 13.8 Å². The summed E-state index contributed by atoms with van der Waals surface area (Å²) < 4.78 is 0.673. The lowest BCUT2D eigenvalue weighted by Crippen LogP contribution is -2.22. The highest BCUT2D eigenvalue weighted by Gasteiger charge is 2.16. The van der Waals surface area contributed by atoms with Crippen LogP contribution < -0.4 is 5.32 Å². The fourth-order valence-corrected chi connectivity index (χ4v) is 1.99. The Balaban J connectivity index is 2.93. The molecule has 0 saturated heterocycles. The van der Waals surface area contributed by atoms with E-state index in [2.05, 4.69) is 21.2 Å². The molecule has 0 fully saturated rings. The molecule has 1 rings (SSSR count). The molecule has 0 radical (unpaired) electrons. The van der Waals surface area contributed by atoms with Gasteiger partial charge in [-0.25, -0.2) is 4.79 Å². The van der Waals surface area contributed by atoms with Crippen molar-refractivity contribution in [3.63, 3.8) is 0 Å². The summed E-state index contributed by atoms with van der Waals surface area (Å²) in [5.74, 6) is -1.14. The van der Waals surface area contributed by atoms with Gasteiger partial charge in [-0.2, -0.15) is 0 Å². The third kappa shape index (κ3) is 3.57. The lowest BCUT2D eigenvalue weighted by Gasteiger charge is -2.14. The molecule has 0 aliphatic carbocycles. The lowest BCUT2D eigenvalue weighted by molar-refractivity contribution is -0.120. The topological polar surface area (TPSA) is 66.4 Å². The van der Waals surface area contributed by atoms with Crippen LogP contribution in [0.1, 0.15) is 37.0 Å². The van der Waals surface area contributed by atoms with Gasteiger partial charge in [-0.05, 0) is 47.0 Å². The number of amides is 1. The summed E-state index contributed by atoms with van der Waals surface area (Å²) in [6.07, 6.45) is 1.52. The third-order valence-electron chi connectivity index (χ3n) is 2.83. The molecule has 2 N–H and O–H groups in total. The molecule has 0 heterocycles. The van der Waals surface area contributed by atoms with Gasteiger partial charge in [-0.3, -0.25) is 4.79 Å². The van der Waals surface area contributed by atoms with Crippen LogP contribution in [-0.4, -0.2) is 17.0 Å². The number of nitrogens with one attached hydrogen (secondary N) is 1. The minimum atomic E-state index is -1.01. The summed E-state index contributed by atoms with van der Waals surface area (Å²) in [6.45, 7) is 3.91. The predicted molar refractivity (Wildman–Crippen MR) is 73.8 cm³/mol. The standard InChI is InChI=1S/C13H16BrNO3/c1-3-8(4-2)12(16)15-11-7-9(13(17)18)5-6-10(11)14/h5-8H,3-4H2,1-2H3,(H,15,16)(H,17,18). The number of aromatic carboxylic acids is 1. The van der Waals surface area contributed by atoms with Gasteiger partial charge in [0.1, 0.15) is 0 Å². The van der Waals surface area contributed by atoms with E-state index in [-0.39, 0.29) is 17.4 Å². The molecule has 0 atom stereocenters. The molecule has 1 aromatic rings. The van der Waals surface area contributed by atoms with Crippen molar-refractivity contribution in [2.75, 3.05) is 5.32 Å². The second kappa shape index (κ2) is 6.54. The van der Waals surface area contributed by atoms with Crippen molar-refractivity contribution in [2.45, 2.75) is 26.7 Å². The quantitative estimate of drug-likeness (QED) is 0.874. The van der Waals surface area contributed by atoms with Crippen LogP contribution in [0, 0.1) is 5.92 Å². The van der Waals surface area contributed by atoms with Crippen LogP contribution >= 0.6 is 15.9 Å². The van der Waals surface area contributed by atoms with E-state index < -0.39 is 5.97 Å². The fraction of sp³-hybridized carbons (Fsp3) is 0.385. The molecule has 18 heavy (non-hydrogen) atoms. The summed E-state index contributed by atoms with van der Waals surface area (Å²) in [5.41, 5.74) is 0.643. The van der Waals surface area contributed by atoms with Crippen LogP contribution in [0.15, 0.2) is 22.7 Å². The van der Waals surface area contributed by atoms with Crippen molar-refractivity contribution in [3.05, 3.63) is 28.2 Å². The molecule has 0 aliphatic heterocycles. The first-order chi connectivity index (χ1) is 8.49. The van der Waals surface area contributed by atoms with Crippen molar-refractivity contribution in [3.8, 4) is 0 Å². The van der Waals surface area contributed by atoms with Gasteiger partial charge in [0.05, 0.1) is 11.3 Å². The maximum Gasteiger partial charge on any atom is 0.335 e.